The zero-order chi connectivity index (χ0) is 30.7. The Hall–Kier alpha value is -3.62. The van der Waals surface area contributed by atoms with Crippen LogP contribution in [0.2, 0.25) is 0 Å². The topological polar surface area (TPSA) is 134 Å². The Labute approximate surface area is 254 Å². The number of alkyl carbamates (subject to hydrolysis) is 1. The minimum absolute atomic E-state index is 0.0774. The van der Waals surface area contributed by atoms with Crippen molar-refractivity contribution >= 4 is 44.3 Å². The van der Waals surface area contributed by atoms with Crippen LogP contribution in [-0.4, -0.2) is 74.5 Å². The number of sulfonamides is 1. The van der Waals surface area contributed by atoms with Crippen molar-refractivity contribution in [1.82, 2.24) is 14.5 Å². The number of nitrogens with zero attached hydrogens (tertiary/aromatic N) is 2. The molecule has 3 heterocycles. The molecule has 3 amide bonds. The van der Waals surface area contributed by atoms with E-state index in [2.05, 4.69) is 32.4 Å². The monoisotopic (exact) mass is 626 g/mol. The number of methoxy groups -OCH3 is 1. The number of hydrogen-bond acceptors (Lipinski definition) is 9. The van der Waals surface area contributed by atoms with Crippen LogP contribution in [0.15, 0.2) is 59.5 Å². The zero-order valence-corrected chi connectivity index (χ0v) is 25.8. The number of carbonyl (C=O) groups is 3. The van der Waals surface area contributed by atoms with Gasteiger partial charge in [-0.3, -0.25) is 19.8 Å². The standard InChI is InChI=1S/C30H34N4O7S2/c1-19-15-34(16-20(2)41-19)43(38,39)23-11-9-22(10-12-23)27(35)31-29-26(28(36)32-30(37)40-3)24-13-14-33(18-25(24)42-29)17-21-7-5-4-6-8-21/h4-12,19-20H,13-18H2,1-3H3,(H,31,35)(H,32,36,37). The van der Waals surface area contributed by atoms with Gasteiger partial charge in [-0.1, -0.05) is 30.3 Å². The molecule has 0 saturated carbocycles. The number of imide groups is 1. The number of anilines is 1. The van der Waals surface area contributed by atoms with E-state index in [0.717, 1.165) is 17.0 Å². The van der Waals surface area contributed by atoms with Crippen LogP contribution in [0.4, 0.5) is 9.80 Å². The Morgan fingerprint density at radius 3 is 2.33 bits per heavy atom. The number of ether oxygens (including phenoxy) is 2. The summed E-state index contributed by atoms with van der Waals surface area (Å²) < 4.78 is 38.1. The molecule has 2 aromatic carbocycles. The van der Waals surface area contributed by atoms with Crippen LogP contribution >= 0.6 is 11.3 Å². The van der Waals surface area contributed by atoms with Gasteiger partial charge in [0, 0.05) is 43.2 Å². The molecule has 0 aliphatic carbocycles. The first kappa shape index (κ1) is 30.8. The zero-order valence-electron chi connectivity index (χ0n) is 24.2. The minimum atomic E-state index is -3.77. The third kappa shape index (κ3) is 6.97. The van der Waals surface area contributed by atoms with Gasteiger partial charge in [0.1, 0.15) is 5.00 Å². The van der Waals surface area contributed by atoms with E-state index >= 15 is 0 Å². The molecule has 3 aromatic rings. The average Bonchev–Trinajstić information content (AvgIpc) is 3.34. The molecule has 11 nitrogen and oxygen atoms in total. The number of nitrogens with one attached hydrogen (secondary N) is 2. The van der Waals surface area contributed by atoms with Gasteiger partial charge in [-0.05, 0) is 55.7 Å². The van der Waals surface area contributed by atoms with Crippen LogP contribution in [0.1, 0.15) is 50.6 Å². The Morgan fingerprint density at radius 2 is 1.67 bits per heavy atom. The molecule has 2 unspecified atom stereocenters. The van der Waals surface area contributed by atoms with E-state index in [1.165, 1.54) is 52.6 Å². The maximum absolute atomic E-state index is 13.3. The smallest absolute Gasteiger partial charge is 0.413 e. The van der Waals surface area contributed by atoms with Gasteiger partial charge in [0.05, 0.1) is 29.8 Å². The van der Waals surface area contributed by atoms with Crippen molar-refractivity contribution in [3.05, 3.63) is 81.7 Å². The number of thiophene rings is 1. The molecule has 1 saturated heterocycles. The Kier molecular flexibility index (Phi) is 9.28. The van der Waals surface area contributed by atoms with E-state index in [0.29, 0.717) is 24.5 Å². The van der Waals surface area contributed by atoms with Crippen molar-refractivity contribution in [1.29, 1.82) is 0 Å². The van der Waals surface area contributed by atoms with Crippen LogP contribution < -0.4 is 10.6 Å². The van der Waals surface area contributed by atoms with Crippen molar-refractivity contribution in [2.24, 2.45) is 0 Å². The molecule has 5 rings (SSSR count). The molecule has 1 fully saturated rings. The lowest BCUT2D eigenvalue weighted by Crippen LogP contribution is -2.48. The molecule has 0 radical (unpaired) electrons. The van der Waals surface area contributed by atoms with Gasteiger partial charge in [0.25, 0.3) is 11.8 Å². The second-order valence-electron chi connectivity index (χ2n) is 10.7. The summed E-state index contributed by atoms with van der Waals surface area (Å²) in [6, 6.07) is 15.8. The SMILES string of the molecule is COC(=O)NC(=O)c1c(NC(=O)c2ccc(S(=O)(=O)N3CC(C)OC(C)C3)cc2)sc2c1CCN(Cc1ccccc1)C2. The van der Waals surface area contributed by atoms with Crippen molar-refractivity contribution in [2.45, 2.75) is 50.5 Å². The van der Waals surface area contributed by atoms with E-state index in [1.807, 2.05) is 32.0 Å². The normalized spacial score (nSPS) is 19.3. The van der Waals surface area contributed by atoms with Crippen LogP contribution in [0.5, 0.6) is 0 Å². The van der Waals surface area contributed by atoms with Gasteiger partial charge in [0.15, 0.2) is 0 Å². The summed E-state index contributed by atoms with van der Waals surface area (Å²) in [4.78, 5) is 41.6. The maximum Gasteiger partial charge on any atom is 0.413 e. The summed E-state index contributed by atoms with van der Waals surface area (Å²) in [6.07, 6.45) is -0.791. The van der Waals surface area contributed by atoms with E-state index < -0.39 is 27.9 Å². The first-order valence-electron chi connectivity index (χ1n) is 13.9. The molecule has 2 N–H and O–H groups in total. The molecule has 1 aromatic heterocycles. The van der Waals surface area contributed by atoms with Crippen molar-refractivity contribution in [3.63, 3.8) is 0 Å². The fourth-order valence-electron chi connectivity index (χ4n) is 5.40. The number of fused-ring (bicyclic) bond motifs is 1. The summed E-state index contributed by atoms with van der Waals surface area (Å²) in [5, 5.41) is 5.35. The van der Waals surface area contributed by atoms with E-state index in [4.69, 9.17) is 4.74 Å². The van der Waals surface area contributed by atoms with Crippen molar-refractivity contribution in [3.8, 4) is 0 Å². The van der Waals surface area contributed by atoms with Gasteiger partial charge in [0.2, 0.25) is 10.0 Å². The number of benzene rings is 2. The van der Waals surface area contributed by atoms with Gasteiger partial charge in [-0.2, -0.15) is 4.31 Å². The largest absolute Gasteiger partial charge is 0.453 e. The summed E-state index contributed by atoms with van der Waals surface area (Å²) in [6.45, 7) is 6.16. The Bertz CT molecular complexity index is 1600. The molecule has 13 heteroatoms. The van der Waals surface area contributed by atoms with Crippen LogP contribution in [0.3, 0.4) is 0 Å². The Morgan fingerprint density at radius 1 is 1.00 bits per heavy atom. The van der Waals surface area contributed by atoms with E-state index in [9.17, 15) is 22.8 Å². The van der Waals surface area contributed by atoms with Crippen molar-refractivity contribution in [2.75, 3.05) is 32.1 Å². The highest BCUT2D eigenvalue weighted by Crippen LogP contribution is 2.38. The van der Waals surface area contributed by atoms with E-state index in [-0.39, 0.29) is 41.3 Å². The molecule has 2 aliphatic heterocycles. The average molecular weight is 627 g/mol. The molecule has 228 valence electrons. The van der Waals surface area contributed by atoms with Crippen LogP contribution in [-0.2, 0) is 39.0 Å². The summed E-state index contributed by atoms with van der Waals surface area (Å²) in [7, 11) is -2.60. The lowest BCUT2D eigenvalue weighted by atomic mass is 10.0. The van der Waals surface area contributed by atoms with Crippen molar-refractivity contribution < 1.29 is 32.3 Å². The third-order valence-corrected chi connectivity index (χ3v) is 10.4. The first-order chi connectivity index (χ1) is 20.5. The highest BCUT2D eigenvalue weighted by molar-refractivity contribution is 7.89. The number of carbonyl (C=O) groups excluding carboxylic acids is 3. The third-order valence-electron chi connectivity index (χ3n) is 7.38. The predicted molar refractivity (Wildman–Crippen MR) is 162 cm³/mol. The number of hydrogen-bond donors (Lipinski definition) is 2. The van der Waals surface area contributed by atoms with Crippen LogP contribution in [0.25, 0.3) is 0 Å². The van der Waals surface area contributed by atoms with Gasteiger partial charge in [-0.25, -0.2) is 13.2 Å². The molecular weight excluding hydrogens is 592 g/mol. The maximum atomic E-state index is 13.3. The highest BCUT2D eigenvalue weighted by atomic mass is 32.2. The number of amides is 3. The predicted octanol–water partition coefficient (Wildman–Crippen LogP) is 3.85. The second-order valence-corrected chi connectivity index (χ2v) is 13.7. The molecule has 0 bridgehead atoms. The fraction of sp³-hybridized carbons (Fsp3) is 0.367. The molecule has 2 aliphatic rings. The summed E-state index contributed by atoms with van der Waals surface area (Å²) >= 11 is 1.29. The van der Waals surface area contributed by atoms with E-state index in [1.54, 1.807) is 0 Å². The molecular formula is C30H34N4O7S2. The second kappa shape index (κ2) is 12.9. The Balaban J connectivity index is 1.36. The quantitative estimate of drug-likeness (QED) is 0.404. The fourth-order valence-corrected chi connectivity index (χ4v) is 8.27. The summed E-state index contributed by atoms with van der Waals surface area (Å²) in [5.74, 6) is -1.17. The molecule has 0 spiro atoms. The van der Waals surface area contributed by atoms with Crippen LogP contribution in [0, 0.1) is 0 Å². The highest BCUT2D eigenvalue weighted by Gasteiger charge is 2.33. The molecule has 2 atom stereocenters. The lowest BCUT2D eigenvalue weighted by molar-refractivity contribution is -0.0440. The molecule has 43 heavy (non-hydrogen) atoms. The number of rotatable bonds is 7. The lowest BCUT2D eigenvalue weighted by Gasteiger charge is -2.34. The number of morpholine rings is 1. The summed E-state index contributed by atoms with van der Waals surface area (Å²) in [5.41, 5.74) is 2.40. The van der Waals surface area contributed by atoms with Gasteiger partial charge >= 0.3 is 6.09 Å². The van der Waals surface area contributed by atoms with Gasteiger partial charge in [-0.15, -0.1) is 11.3 Å². The van der Waals surface area contributed by atoms with Gasteiger partial charge < -0.3 is 14.8 Å². The first-order valence-corrected chi connectivity index (χ1v) is 16.2. The minimum Gasteiger partial charge on any atom is -0.453 e.